The van der Waals surface area contributed by atoms with Gasteiger partial charge >= 0.3 is 0 Å². The predicted molar refractivity (Wildman–Crippen MR) is 94.7 cm³/mol. The van der Waals surface area contributed by atoms with Crippen LogP contribution in [0.25, 0.3) is 0 Å². The molecule has 0 N–H and O–H groups in total. The van der Waals surface area contributed by atoms with E-state index in [4.69, 9.17) is 4.74 Å². The Hall–Kier alpha value is -2.01. The van der Waals surface area contributed by atoms with E-state index in [-0.39, 0.29) is 18.3 Å². The van der Waals surface area contributed by atoms with Gasteiger partial charge in [-0.3, -0.25) is 4.79 Å². The smallest absolute Gasteiger partial charge is 0.260 e. The molecule has 2 aromatic carbocycles. The Balaban J connectivity index is 1.54. The van der Waals surface area contributed by atoms with Crippen LogP contribution in [0, 0.1) is 5.82 Å². The van der Waals surface area contributed by atoms with Crippen LogP contribution in [0.2, 0.25) is 0 Å². The highest BCUT2D eigenvalue weighted by atomic mass is 32.2. The first kappa shape index (κ1) is 16.8. The molecule has 1 saturated heterocycles. The number of carbonyl (C=O) groups excluding carboxylic acids is 1. The molecule has 126 valence electrons. The van der Waals surface area contributed by atoms with E-state index in [0.29, 0.717) is 18.3 Å². The van der Waals surface area contributed by atoms with E-state index in [2.05, 4.69) is 12.1 Å². The van der Waals surface area contributed by atoms with Crippen molar-refractivity contribution in [2.75, 3.05) is 25.4 Å². The average molecular weight is 345 g/mol. The van der Waals surface area contributed by atoms with Gasteiger partial charge in [0.2, 0.25) is 0 Å². The van der Waals surface area contributed by atoms with Crippen LogP contribution in [0.15, 0.2) is 54.6 Å². The molecule has 3 rings (SSSR count). The molecule has 0 radical (unpaired) electrons. The molecule has 1 amide bonds. The van der Waals surface area contributed by atoms with Gasteiger partial charge in [0.25, 0.3) is 5.91 Å². The molecule has 0 spiro atoms. The van der Waals surface area contributed by atoms with Gasteiger partial charge in [-0.05, 0) is 24.1 Å². The summed E-state index contributed by atoms with van der Waals surface area (Å²) in [5.41, 5.74) is 1.31. The molecule has 1 heterocycles. The van der Waals surface area contributed by atoms with Crippen molar-refractivity contribution in [3.8, 4) is 5.75 Å². The highest BCUT2D eigenvalue weighted by Gasteiger charge is 2.22. The van der Waals surface area contributed by atoms with E-state index in [1.165, 1.54) is 17.7 Å². The van der Waals surface area contributed by atoms with Crippen molar-refractivity contribution in [1.29, 1.82) is 0 Å². The molecule has 1 aliphatic heterocycles. The maximum absolute atomic E-state index is 13.5. The van der Waals surface area contributed by atoms with Crippen molar-refractivity contribution in [1.82, 2.24) is 4.90 Å². The molecule has 0 aliphatic carbocycles. The number of hydrogen-bond acceptors (Lipinski definition) is 3. The van der Waals surface area contributed by atoms with Gasteiger partial charge in [-0.2, -0.15) is 11.8 Å². The zero-order chi connectivity index (χ0) is 16.8. The monoisotopic (exact) mass is 345 g/mol. The Labute approximate surface area is 145 Å². The molecular weight excluding hydrogens is 325 g/mol. The molecule has 0 bridgehead atoms. The Morgan fingerprint density at radius 3 is 2.67 bits per heavy atom. The number of thioether (sulfide) groups is 1. The fraction of sp³-hybridized carbons (Fsp3) is 0.316. The first-order chi connectivity index (χ1) is 11.7. The van der Waals surface area contributed by atoms with Crippen molar-refractivity contribution in [3.05, 3.63) is 66.0 Å². The molecule has 5 heteroatoms. The number of para-hydroxylation sites is 1. The Kier molecular flexibility index (Phi) is 5.75. The molecule has 24 heavy (non-hydrogen) atoms. The molecule has 2 aromatic rings. The number of halogens is 1. The van der Waals surface area contributed by atoms with Crippen LogP contribution in [-0.2, 0) is 4.79 Å². The van der Waals surface area contributed by atoms with Crippen LogP contribution in [0.5, 0.6) is 5.75 Å². The van der Waals surface area contributed by atoms with Crippen molar-refractivity contribution in [2.24, 2.45) is 0 Å². The summed E-state index contributed by atoms with van der Waals surface area (Å²) in [7, 11) is 0. The normalized spacial score (nSPS) is 18.0. The second-order valence-electron chi connectivity index (χ2n) is 5.66. The van der Waals surface area contributed by atoms with E-state index < -0.39 is 5.82 Å². The molecule has 0 aromatic heterocycles. The van der Waals surface area contributed by atoms with Gasteiger partial charge in [0.15, 0.2) is 18.2 Å². The number of amides is 1. The van der Waals surface area contributed by atoms with Crippen molar-refractivity contribution >= 4 is 17.7 Å². The fourth-order valence-electron chi connectivity index (χ4n) is 2.75. The van der Waals surface area contributed by atoms with E-state index in [1.807, 2.05) is 34.9 Å². The number of rotatable bonds is 4. The minimum absolute atomic E-state index is 0.0902. The van der Waals surface area contributed by atoms with Crippen molar-refractivity contribution in [3.63, 3.8) is 0 Å². The molecule has 3 nitrogen and oxygen atoms in total. The Morgan fingerprint density at radius 2 is 1.88 bits per heavy atom. The Bertz CT molecular complexity index is 680. The molecule has 1 fully saturated rings. The number of carbonyl (C=O) groups is 1. The zero-order valence-electron chi connectivity index (χ0n) is 13.4. The minimum Gasteiger partial charge on any atom is -0.481 e. The van der Waals surface area contributed by atoms with Crippen molar-refractivity contribution in [2.45, 2.75) is 11.7 Å². The third kappa shape index (κ3) is 4.29. The van der Waals surface area contributed by atoms with Gasteiger partial charge in [0.1, 0.15) is 0 Å². The first-order valence-corrected chi connectivity index (χ1v) is 9.10. The lowest BCUT2D eigenvalue weighted by atomic mass is 10.1. The molecule has 0 unspecified atom stereocenters. The second-order valence-corrected chi connectivity index (χ2v) is 6.97. The third-order valence-electron chi connectivity index (χ3n) is 4.05. The van der Waals surface area contributed by atoms with Gasteiger partial charge in [0.05, 0.1) is 0 Å². The molecule has 1 aliphatic rings. The second kappa shape index (κ2) is 8.20. The highest BCUT2D eigenvalue weighted by Crippen LogP contribution is 2.34. The Morgan fingerprint density at radius 1 is 1.12 bits per heavy atom. The lowest BCUT2D eigenvalue weighted by Gasteiger charge is -2.20. The fourth-order valence-corrected chi connectivity index (χ4v) is 3.98. The number of hydrogen-bond donors (Lipinski definition) is 0. The predicted octanol–water partition coefficient (Wildman–Crippen LogP) is 3.91. The summed E-state index contributed by atoms with van der Waals surface area (Å²) in [6.45, 7) is 1.28. The summed E-state index contributed by atoms with van der Waals surface area (Å²) in [6.07, 6.45) is 0.917. The quantitative estimate of drug-likeness (QED) is 0.841. The summed E-state index contributed by atoms with van der Waals surface area (Å²) < 4.78 is 18.9. The van der Waals surface area contributed by atoms with E-state index in [1.54, 1.807) is 12.1 Å². The number of nitrogens with zero attached hydrogens (tertiary/aromatic N) is 1. The maximum Gasteiger partial charge on any atom is 0.260 e. The van der Waals surface area contributed by atoms with Gasteiger partial charge < -0.3 is 9.64 Å². The van der Waals surface area contributed by atoms with Crippen LogP contribution in [-0.4, -0.2) is 36.3 Å². The van der Waals surface area contributed by atoms with E-state index in [9.17, 15) is 9.18 Å². The summed E-state index contributed by atoms with van der Waals surface area (Å²) in [5.74, 6) is 0.482. The summed E-state index contributed by atoms with van der Waals surface area (Å²) in [6, 6.07) is 16.5. The molecule has 1 atom stereocenters. The molecule has 0 saturated carbocycles. The van der Waals surface area contributed by atoms with Gasteiger partial charge in [-0.25, -0.2) is 4.39 Å². The van der Waals surface area contributed by atoms with Crippen LogP contribution >= 0.6 is 11.8 Å². The molecular formula is C19H20FNO2S. The number of ether oxygens (including phenoxy) is 1. The summed E-state index contributed by atoms with van der Waals surface area (Å²) in [5, 5.41) is 0.413. The van der Waals surface area contributed by atoms with Gasteiger partial charge in [-0.15, -0.1) is 0 Å². The van der Waals surface area contributed by atoms with Gasteiger partial charge in [0, 0.05) is 24.1 Å². The lowest BCUT2D eigenvalue weighted by Crippen LogP contribution is -2.36. The topological polar surface area (TPSA) is 29.5 Å². The first-order valence-electron chi connectivity index (χ1n) is 8.05. The van der Waals surface area contributed by atoms with Crippen LogP contribution in [0.4, 0.5) is 4.39 Å². The van der Waals surface area contributed by atoms with Crippen molar-refractivity contribution < 1.29 is 13.9 Å². The maximum atomic E-state index is 13.5. The van der Waals surface area contributed by atoms with Crippen LogP contribution < -0.4 is 4.74 Å². The average Bonchev–Trinajstić information content (AvgIpc) is 2.88. The van der Waals surface area contributed by atoms with Crippen LogP contribution in [0.3, 0.4) is 0 Å². The zero-order valence-corrected chi connectivity index (χ0v) is 14.2. The largest absolute Gasteiger partial charge is 0.481 e. The van der Waals surface area contributed by atoms with Crippen LogP contribution in [0.1, 0.15) is 17.2 Å². The summed E-state index contributed by atoms with van der Waals surface area (Å²) in [4.78, 5) is 14.2. The third-order valence-corrected chi connectivity index (χ3v) is 5.38. The lowest BCUT2D eigenvalue weighted by molar-refractivity contribution is -0.133. The van der Waals surface area contributed by atoms with Gasteiger partial charge in [-0.1, -0.05) is 42.5 Å². The van der Waals surface area contributed by atoms with E-state index in [0.717, 1.165) is 12.2 Å². The minimum atomic E-state index is -0.444. The SMILES string of the molecule is O=C(COc1ccccc1F)N1CCS[C@H](c2ccccc2)CC1. The van der Waals surface area contributed by atoms with E-state index >= 15 is 0 Å². The highest BCUT2D eigenvalue weighted by molar-refractivity contribution is 7.99. The summed E-state index contributed by atoms with van der Waals surface area (Å²) >= 11 is 1.88. The number of benzene rings is 2. The standard InChI is InChI=1S/C19H20FNO2S/c20-16-8-4-5-9-17(16)23-14-19(22)21-11-10-18(24-13-12-21)15-6-2-1-3-7-15/h1-9,18H,10-14H2/t18-/m0/s1.